The number of unbranched alkanes of at least 4 members (excludes halogenated alkanes) is 1. The minimum atomic E-state index is -0.880. The Morgan fingerprint density at radius 1 is 0.968 bits per heavy atom. The van der Waals surface area contributed by atoms with Crippen molar-refractivity contribution in [1.29, 1.82) is 0 Å². The maximum atomic E-state index is 13.4. The molecule has 1 N–H and O–H groups in total. The highest BCUT2D eigenvalue weighted by Gasteiger charge is 2.16. The summed E-state index contributed by atoms with van der Waals surface area (Å²) >= 11 is 0. The summed E-state index contributed by atoms with van der Waals surface area (Å²) in [5, 5.41) is 10.4. The van der Waals surface area contributed by atoms with Crippen molar-refractivity contribution in [1.82, 2.24) is 13.7 Å². The molecule has 31 heavy (non-hydrogen) atoms. The summed E-state index contributed by atoms with van der Waals surface area (Å²) in [6, 6.07) is 13.3. The van der Waals surface area contributed by atoms with Gasteiger partial charge >= 0.3 is 11.7 Å². The monoisotopic (exact) mass is 419 g/mol. The molecule has 0 unspecified atom stereocenters. The summed E-state index contributed by atoms with van der Waals surface area (Å²) in [5.41, 5.74) is 3.14. The van der Waals surface area contributed by atoms with Crippen LogP contribution in [0.15, 0.2) is 58.3 Å². The third-order valence-corrected chi connectivity index (χ3v) is 5.78. The number of rotatable bonds is 7. The Hall–Kier alpha value is -3.61. The Labute approximate surface area is 178 Å². The topological polar surface area (TPSA) is 86.2 Å². The second-order valence-electron chi connectivity index (χ2n) is 7.93. The van der Waals surface area contributed by atoms with Gasteiger partial charge in [-0.05, 0) is 49.1 Å². The molecule has 4 aromatic rings. The average molecular weight is 419 g/mol. The van der Waals surface area contributed by atoms with Crippen LogP contribution in [0, 0.1) is 6.92 Å². The van der Waals surface area contributed by atoms with Crippen molar-refractivity contribution in [2.75, 3.05) is 0 Å². The number of aryl methyl sites for hydroxylation is 2. The zero-order valence-corrected chi connectivity index (χ0v) is 17.7. The molecule has 0 amide bonds. The van der Waals surface area contributed by atoms with Gasteiger partial charge in [0.25, 0.3) is 5.56 Å². The highest BCUT2D eigenvalue weighted by Crippen LogP contribution is 2.25. The molecule has 2 heterocycles. The minimum absolute atomic E-state index is 0.0196. The van der Waals surface area contributed by atoms with E-state index in [-0.39, 0.29) is 24.2 Å². The van der Waals surface area contributed by atoms with Gasteiger partial charge in [-0.15, -0.1) is 0 Å². The van der Waals surface area contributed by atoms with Gasteiger partial charge in [-0.2, -0.15) is 0 Å². The number of nitrogens with zero attached hydrogens (tertiary/aromatic N) is 3. The third kappa shape index (κ3) is 3.79. The Bertz CT molecular complexity index is 1410. The summed E-state index contributed by atoms with van der Waals surface area (Å²) < 4.78 is 4.93. The number of benzene rings is 2. The molecule has 0 saturated carbocycles. The van der Waals surface area contributed by atoms with Crippen molar-refractivity contribution in [3.05, 3.63) is 80.6 Å². The van der Waals surface area contributed by atoms with Crippen molar-refractivity contribution in [2.45, 2.75) is 39.3 Å². The summed E-state index contributed by atoms with van der Waals surface area (Å²) in [6.07, 6.45) is 2.91. The normalized spacial score (nSPS) is 11.4. The number of carbonyl (C=O) groups is 1. The first-order chi connectivity index (χ1) is 14.9. The molecule has 0 fully saturated rings. The summed E-state index contributed by atoms with van der Waals surface area (Å²) in [5.74, 6) is -0.880. The van der Waals surface area contributed by atoms with E-state index in [0.717, 1.165) is 22.0 Å². The van der Waals surface area contributed by atoms with Crippen molar-refractivity contribution >= 4 is 27.8 Å². The number of hydrogen-bond acceptors (Lipinski definition) is 3. The van der Waals surface area contributed by atoms with Gasteiger partial charge in [0.1, 0.15) is 0 Å². The maximum Gasteiger partial charge on any atom is 0.331 e. The molecule has 0 aliphatic rings. The molecular weight excluding hydrogens is 394 g/mol. The van der Waals surface area contributed by atoms with Crippen LogP contribution in [0.4, 0.5) is 0 Å². The second kappa shape index (κ2) is 8.26. The largest absolute Gasteiger partial charge is 0.481 e. The van der Waals surface area contributed by atoms with Gasteiger partial charge in [0.05, 0.1) is 17.4 Å². The first-order valence-corrected chi connectivity index (χ1v) is 10.4. The van der Waals surface area contributed by atoms with Crippen molar-refractivity contribution in [2.24, 2.45) is 7.05 Å². The van der Waals surface area contributed by atoms with E-state index in [1.54, 1.807) is 22.8 Å². The molecule has 0 saturated heterocycles. The van der Waals surface area contributed by atoms with E-state index in [1.807, 2.05) is 29.9 Å². The van der Waals surface area contributed by atoms with E-state index in [2.05, 4.69) is 19.1 Å². The van der Waals surface area contributed by atoms with Crippen LogP contribution in [0.25, 0.3) is 21.8 Å². The molecule has 0 atom stereocenters. The molecular formula is C24H25N3O4. The molecule has 160 valence electrons. The number of fused-ring (bicyclic) bond motifs is 2. The van der Waals surface area contributed by atoms with Gasteiger partial charge < -0.3 is 9.67 Å². The molecule has 7 nitrogen and oxygen atoms in total. The lowest BCUT2D eigenvalue weighted by molar-refractivity contribution is -0.137. The lowest BCUT2D eigenvalue weighted by Crippen LogP contribution is -2.40. The quantitative estimate of drug-likeness (QED) is 0.466. The zero-order valence-electron chi connectivity index (χ0n) is 17.7. The molecule has 0 aliphatic carbocycles. The van der Waals surface area contributed by atoms with Crippen LogP contribution in [0.3, 0.4) is 0 Å². The van der Waals surface area contributed by atoms with Crippen LogP contribution in [0.5, 0.6) is 0 Å². The minimum Gasteiger partial charge on any atom is -0.481 e. The Morgan fingerprint density at radius 2 is 1.71 bits per heavy atom. The van der Waals surface area contributed by atoms with Crippen molar-refractivity contribution < 1.29 is 9.90 Å². The van der Waals surface area contributed by atoms with E-state index < -0.39 is 5.97 Å². The lowest BCUT2D eigenvalue weighted by atomic mass is 10.1. The van der Waals surface area contributed by atoms with Crippen LogP contribution in [0.2, 0.25) is 0 Å². The Morgan fingerprint density at radius 3 is 2.48 bits per heavy atom. The SMILES string of the molecule is Cc1cccc2c1c(Cn1c(=O)n(CCCCC(=O)O)c(=O)c3ccccc31)cn2C. The number of aliphatic carboxylic acids is 1. The number of hydrogen-bond donors (Lipinski definition) is 1. The molecule has 0 spiro atoms. The number of carboxylic acid groups (broad SMARTS) is 1. The molecule has 0 aliphatic heterocycles. The average Bonchev–Trinajstić information content (AvgIpc) is 3.07. The molecule has 4 rings (SSSR count). The summed E-state index contributed by atoms with van der Waals surface area (Å²) in [4.78, 5) is 37.1. The summed E-state index contributed by atoms with van der Waals surface area (Å²) in [6.45, 7) is 2.59. The van der Waals surface area contributed by atoms with Gasteiger partial charge in [0, 0.05) is 37.1 Å². The first kappa shape index (κ1) is 20.7. The highest BCUT2D eigenvalue weighted by atomic mass is 16.4. The van der Waals surface area contributed by atoms with Crippen LogP contribution in [0.1, 0.15) is 30.4 Å². The van der Waals surface area contributed by atoms with E-state index in [9.17, 15) is 14.4 Å². The van der Waals surface area contributed by atoms with Gasteiger partial charge in [0.15, 0.2) is 0 Å². The van der Waals surface area contributed by atoms with Gasteiger partial charge in [0.2, 0.25) is 0 Å². The van der Waals surface area contributed by atoms with Crippen molar-refractivity contribution in [3.8, 4) is 0 Å². The number of aromatic nitrogens is 3. The fraction of sp³-hybridized carbons (Fsp3) is 0.292. The third-order valence-electron chi connectivity index (χ3n) is 5.78. The molecule has 2 aromatic heterocycles. The van der Waals surface area contributed by atoms with Gasteiger partial charge in [-0.3, -0.25) is 18.7 Å². The predicted molar refractivity (Wildman–Crippen MR) is 121 cm³/mol. The number of para-hydroxylation sites is 1. The number of carboxylic acids is 1. The van der Waals surface area contributed by atoms with Gasteiger partial charge in [-0.25, -0.2) is 4.79 Å². The Kier molecular flexibility index (Phi) is 5.50. The van der Waals surface area contributed by atoms with Crippen LogP contribution < -0.4 is 11.2 Å². The maximum absolute atomic E-state index is 13.4. The van der Waals surface area contributed by atoms with E-state index in [4.69, 9.17) is 5.11 Å². The van der Waals surface area contributed by atoms with Crippen LogP contribution in [-0.4, -0.2) is 24.8 Å². The van der Waals surface area contributed by atoms with Crippen LogP contribution >= 0.6 is 0 Å². The van der Waals surface area contributed by atoms with E-state index in [0.29, 0.717) is 30.3 Å². The Balaban J connectivity index is 1.84. The predicted octanol–water partition coefficient (Wildman–Crippen LogP) is 3.27. The molecule has 2 aromatic carbocycles. The van der Waals surface area contributed by atoms with E-state index in [1.165, 1.54) is 4.57 Å². The first-order valence-electron chi connectivity index (χ1n) is 10.4. The molecule has 0 radical (unpaired) electrons. The van der Waals surface area contributed by atoms with Crippen molar-refractivity contribution in [3.63, 3.8) is 0 Å². The fourth-order valence-electron chi connectivity index (χ4n) is 4.29. The highest BCUT2D eigenvalue weighted by molar-refractivity contribution is 5.87. The van der Waals surface area contributed by atoms with Crippen LogP contribution in [-0.2, 0) is 24.9 Å². The second-order valence-corrected chi connectivity index (χ2v) is 7.93. The lowest BCUT2D eigenvalue weighted by Gasteiger charge is -2.14. The molecule has 0 bridgehead atoms. The standard InChI is InChI=1S/C24H25N3O4/c1-16-8-7-11-20-22(16)17(14-25(20)2)15-27-19-10-4-3-9-18(19)23(30)26(24(27)31)13-6-5-12-21(28)29/h3-4,7-11,14H,5-6,12-13,15H2,1-2H3,(H,28,29). The van der Waals surface area contributed by atoms with E-state index >= 15 is 0 Å². The zero-order chi connectivity index (χ0) is 22.1. The molecule has 7 heteroatoms. The summed E-state index contributed by atoms with van der Waals surface area (Å²) in [7, 11) is 1.98. The fourth-order valence-corrected chi connectivity index (χ4v) is 4.29. The smallest absolute Gasteiger partial charge is 0.331 e. The van der Waals surface area contributed by atoms with Gasteiger partial charge in [-0.1, -0.05) is 24.3 Å².